The summed E-state index contributed by atoms with van der Waals surface area (Å²) >= 11 is 13.5. The lowest BCUT2D eigenvalue weighted by Gasteiger charge is -2.26. The maximum atomic E-state index is 11.2. The summed E-state index contributed by atoms with van der Waals surface area (Å²) in [5.74, 6) is -0.859. The summed E-state index contributed by atoms with van der Waals surface area (Å²) in [6, 6.07) is 5.42. The van der Waals surface area contributed by atoms with Crippen LogP contribution >= 0.6 is 34.5 Å². The highest BCUT2D eigenvalue weighted by atomic mass is 35.5. The monoisotopic (exact) mass is 386 g/mol. The van der Waals surface area contributed by atoms with Crippen molar-refractivity contribution in [3.8, 4) is 0 Å². The van der Waals surface area contributed by atoms with Crippen LogP contribution in [0.25, 0.3) is 0 Å². The van der Waals surface area contributed by atoms with E-state index in [1.807, 2.05) is 6.07 Å². The molecule has 1 aromatic heterocycles. The Labute approximate surface area is 153 Å². The van der Waals surface area contributed by atoms with Crippen LogP contribution in [-0.2, 0) is 22.4 Å². The van der Waals surface area contributed by atoms with Gasteiger partial charge in [-0.1, -0.05) is 29.3 Å². The first-order chi connectivity index (χ1) is 11.5. The number of morpholine rings is 1. The number of hydrogen-bond donors (Lipinski definition) is 1. The minimum Gasteiger partial charge on any atom is -0.481 e. The summed E-state index contributed by atoms with van der Waals surface area (Å²) < 4.78 is 5.36. The Bertz CT molecular complexity index is 745. The van der Waals surface area contributed by atoms with Crippen molar-refractivity contribution < 1.29 is 14.6 Å². The van der Waals surface area contributed by atoms with Gasteiger partial charge < -0.3 is 14.7 Å². The van der Waals surface area contributed by atoms with Crippen LogP contribution in [0.4, 0.5) is 5.13 Å². The maximum absolute atomic E-state index is 11.2. The van der Waals surface area contributed by atoms with Crippen LogP contribution in [0.1, 0.15) is 16.1 Å². The predicted octanol–water partition coefficient (Wildman–Crippen LogP) is 3.50. The standard InChI is InChI=1S/C16H16Cl2N2O3S/c17-11-2-1-10(7-12(11)18)8-13-14(9-15(21)22)24-16(19-13)20-3-5-23-6-4-20/h1-2,7H,3-6,8-9H2,(H,21,22). The van der Waals surface area contributed by atoms with E-state index in [0.29, 0.717) is 29.7 Å². The Kier molecular flexibility index (Phi) is 5.61. The van der Waals surface area contributed by atoms with Gasteiger partial charge >= 0.3 is 5.97 Å². The van der Waals surface area contributed by atoms with Gasteiger partial charge in [0.2, 0.25) is 0 Å². The number of nitrogens with zero attached hydrogens (tertiary/aromatic N) is 2. The molecule has 0 atom stereocenters. The van der Waals surface area contributed by atoms with Gasteiger partial charge in [0.05, 0.1) is 35.4 Å². The molecule has 1 N–H and O–H groups in total. The third-order valence-corrected chi connectivity index (χ3v) is 5.61. The Balaban J connectivity index is 1.87. The van der Waals surface area contributed by atoms with Crippen LogP contribution in [0.5, 0.6) is 0 Å². The lowest BCUT2D eigenvalue weighted by Crippen LogP contribution is -2.36. The Hall–Kier alpha value is -1.34. The minimum atomic E-state index is -0.859. The molecule has 0 amide bonds. The van der Waals surface area contributed by atoms with Crippen molar-refractivity contribution in [3.05, 3.63) is 44.4 Å². The van der Waals surface area contributed by atoms with Gasteiger partial charge in [0, 0.05) is 24.4 Å². The number of aliphatic carboxylic acids is 1. The fourth-order valence-corrected chi connectivity index (χ4v) is 3.96. The summed E-state index contributed by atoms with van der Waals surface area (Å²) in [4.78, 5) is 18.8. The highest BCUT2D eigenvalue weighted by Gasteiger charge is 2.20. The van der Waals surface area contributed by atoms with Crippen LogP contribution < -0.4 is 4.90 Å². The minimum absolute atomic E-state index is 0.0291. The van der Waals surface area contributed by atoms with Gasteiger partial charge in [-0.15, -0.1) is 11.3 Å². The molecule has 1 fully saturated rings. The van der Waals surface area contributed by atoms with Crippen LogP contribution in [0, 0.1) is 0 Å². The van der Waals surface area contributed by atoms with E-state index in [1.54, 1.807) is 12.1 Å². The lowest BCUT2D eigenvalue weighted by molar-refractivity contribution is -0.136. The topological polar surface area (TPSA) is 62.7 Å². The van der Waals surface area contributed by atoms with Crippen molar-refractivity contribution in [3.63, 3.8) is 0 Å². The molecule has 1 aliphatic heterocycles. The third-order valence-electron chi connectivity index (χ3n) is 3.72. The molecule has 0 bridgehead atoms. The van der Waals surface area contributed by atoms with Crippen LogP contribution in [0.2, 0.25) is 10.0 Å². The second kappa shape index (κ2) is 7.70. The first kappa shape index (κ1) is 17.5. The fourth-order valence-electron chi connectivity index (χ4n) is 2.52. The van der Waals surface area contributed by atoms with Crippen molar-refractivity contribution in [1.29, 1.82) is 0 Å². The average molecular weight is 387 g/mol. The molecule has 2 aromatic rings. The Morgan fingerprint density at radius 3 is 2.71 bits per heavy atom. The number of benzene rings is 1. The van der Waals surface area contributed by atoms with E-state index in [4.69, 9.17) is 33.0 Å². The first-order valence-electron chi connectivity index (χ1n) is 7.50. The number of carbonyl (C=O) groups is 1. The molecule has 1 saturated heterocycles. The normalized spacial score (nSPS) is 14.8. The molecule has 8 heteroatoms. The molecule has 0 aliphatic carbocycles. The largest absolute Gasteiger partial charge is 0.481 e. The molecular weight excluding hydrogens is 371 g/mol. The van der Waals surface area contributed by atoms with E-state index in [2.05, 4.69) is 9.88 Å². The molecule has 0 radical (unpaired) electrons. The van der Waals surface area contributed by atoms with E-state index >= 15 is 0 Å². The second-order valence-corrected chi connectivity index (χ2v) is 7.34. The maximum Gasteiger partial charge on any atom is 0.308 e. The average Bonchev–Trinajstić information content (AvgIpc) is 2.94. The summed E-state index contributed by atoms with van der Waals surface area (Å²) in [5, 5.41) is 11.0. The number of ether oxygens (including phenoxy) is 1. The fraction of sp³-hybridized carbons (Fsp3) is 0.375. The molecule has 0 unspecified atom stereocenters. The van der Waals surface area contributed by atoms with Crippen molar-refractivity contribution in [2.75, 3.05) is 31.2 Å². The Morgan fingerprint density at radius 2 is 2.04 bits per heavy atom. The van der Waals surface area contributed by atoms with Crippen LogP contribution in [0.3, 0.4) is 0 Å². The predicted molar refractivity (Wildman–Crippen MR) is 95.8 cm³/mol. The molecule has 128 valence electrons. The molecule has 3 rings (SSSR count). The zero-order valence-electron chi connectivity index (χ0n) is 12.8. The van der Waals surface area contributed by atoms with E-state index < -0.39 is 5.97 Å². The summed E-state index contributed by atoms with van der Waals surface area (Å²) in [6.45, 7) is 2.87. The molecule has 2 heterocycles. The van der Waals surface area contributed by atoms with E-state index in [9.17, 15) is 4.79 Å². The zero-order valence-corrected chi connectivity index (χ0v) is 15.1. The summed E-state index contributed by atoms with van der Waals surface area (Å²) in [7, 11) is 0. The molecular formula is C16H16Cl2N2O3S. The SMILES string of the molecule is O=C(O)Cc1sc(N2CCOCC2)nc1Cc1ccc(Cl)c(Cl)c1. The van der Waals surface area contributed by atoms with Gasteiger partial charge in [-0.25, -0.2) is 4.98 Å². The number of thiazole rings is 1. The van der Waals surface area contributed by atoms with E-state index in [0.717, 1.165) is 34.4 Å². The van der Waals surface area contributed by atoms with E-state index in [1.165, 1.54) is 11.3 Å². The third kappa shape index (κ3) is 4.19. The molecule has 1 aliphatic rings. The van der Waals surface area contributed by atoms with Gasteiger partial charge in [0.25, 0.3) is 0 Å². The highest BCUT2D eigenvalue weighted by molar-refractivity contribution is 7.15. The zero-order chi connectivity index (χ0) is 17.1. The molecule has 24 heavy (non-hydrogen) atoms. The van der Waals surface area contributed by atoms with E-state index in [-0.39, 0.29) is 6.42 Å². The number of aromatic nitrogens is 1. The van der Waals surface area contributed by atoms with Crippen LogP contribution in [0.15, 0.2) is 18.2 Å². The number of carboxylic acids is 1. The lowest BCUT2D eigenvalue weighted by atomic mass is 10.1. The van der Waals surface area contributed by atoms with Crippen molar-refractivity contribution in [2.24, 2.45) is 0 Å². The van der Waals surface area contributed by atoms with Gasteiger partial charge in [0.15, 0.2) is 5.13 Å². The highest BCUT2D eigenvalue weighted by Crippen LogP contribution is 2.30. The van der Waals surface area contributed by atoms with Gasteiger partial charge in [-0.2, -0.15) is 0 Å². The Morgan fingerprint density at radius 1 is 1.29 bits per heavy atom. The number of rotatable bonds is 5. The van der Waals surface area contributed by atoms with Crippen molar-refractivity contribution in [2.45, 2.75) is 12.8 Å². The second-order valence-electron chi connectivity index (χ2n) is 5.46. The quantitative estimate of drug-likeness (QED) is 0.851. The van der Waals surface area contributed by atoms with Gasteiger partial charge in [0.1, 0.15) is 0 Å². The summed E-state index contributed by atoms with van der Waals surface area (Å²) in [6.07, 6.45) is 0.499. The van der Waals surface area contributed by atoms with Gasteiger partial charge in [-0.05, 0) is 17.7 Å². The summed E-state index contributed by atoms with van der Waals surface area (Å²) in [5.41, 5.74) is 1.73. The number of anilines is 1. The molecule has 0 saturated carbocycles. The number of carboxylic acid groups (broad SMARTS) is 1. The van der Waals surface area contributed by atoms with Gasteiger partial charge in [-0.3, -0.25) is 4.79 Å². The van der Waals surface area contributed by atoms with Crippen molar-refractivity contribution >= 4 is 45.6 Å². The molecule has 0 spiro atoms. The van der Waals surface area contributed by atoms with Crippen molar-refractivity contribution in [1.82, 2.24) is 4.98 Å². The number of halogens is 2. The first-order valence-corrected chi connectivity index (χ1v) is 9.07. The number of hydrogen-bond acceptors (Lipinski definition) is 5. The molecule has 1 aromatic carbocycles. The van der Waals surface area contributed by atoms with Crippen LogP contribution in [-0.4, -0.2) is 42.4 Å². The smallest absolute Gasteiger partial charge is 0.308 e. The molecule has 5 nitrogen and oxygen atoms in total.